The van der Waals surface area contributed by atoms with Gasteiger partial charge in [-0.05, 0) is 60.4 Å². The molecule has 1 unspecified atom stereocenters. The molecule has 0 aromatic heterocycles. The molecule has 9 heteroatoms. The third-order valence-electron chi connectivity index (χ3n) is 5.71. The van der Waals surface area contributed by atoms with Crippen molar-refractivity contribution in [3.05, 3.63) is 87.4 Å². The lowest BCUT2D eigenvalue weighted by atomic mass is 9.88. The number of carbonyl (C=O) groups excluding carboxylic acids is 1. The van der Waals surface area contributed by atoms with E-state index in [0.717, 1.165) is 12.1 Å². The SMILES string of the molecule is Cc1cccc2c1C(Cc1c(Cl)cccc1C(F)(F)F)C(=O)N2c1ccc(C(=O)O)c(O)c1. The van der Waals surface area contributed by atoms with Crippen LogP contribution in [0.5, 0.6) is 5.75 Å². The Morgan fingerprint density at radius 3 is 2.45 bits per heavy atom. The van der Waals surface area contributed by atoms with E-state index in [1.165, 1.54) is 29.2 Å². The highest BCUT2D eigenvalue weighted by molar-refractivity contribution is 6.31. The summed E-state index contributed by atoms with van der Waals surface area (Å²) >= 11 is 6.14. The van der Waals surface area contributed by atoms with Gasteiger partial charge in [0.15, 0.2) is 0 Å². The number of anilines is 2. The number of aryl methyl sites for hydroxylation is 1. The van der Waals surface area contributed by atoms with Crippen LogP contribution >= 0.6 is 11.6 Å². The fourth-order valence-electron chi connectivity index (χ4n) is 4.24. The van der Waals surface area contributed by atoms with Gasteiger partial charge in [0, 0.05) is 11.1 Å². The van der Waals surface area contributed by atoms with Crippen LogP contribution in [0.15, 0.2) is 54.6 Å². The van der Waals surface area contributed by atoms with Crippen molar-refractivity contribution < 1.29 is 33.0 Å². The molecule has 0 aliphatic carbocycles. The number of hydrogen-bond acceptors (Lipinski definition) is 3. The average molecular weight is 476 g/mol. The van der Waals surface area contributed by atoms with Gasteiger partial charge in [-0.2, -0.15) is 13.2 Å². The molecule has 0 fully saturated rings. The normalized spacial score (nSPS) is 15.6. The Bertz CT molecular complexity index is 1290. The van der Waals surface area contributed by atoms with Crippen LogP contribution in [0.25, 0.3) is 0 Å². The van der Waals surface area contributed by atoms with Crippen LogP contribution in [0.2, 0.25) is 5.02 Å². The van der Waals surface area contributed by atoms with E-state index in [2.05, 4.69) is 0 Å². The molecule has 0 radical (unpaired) electrons. The maximum absolute atomic E-state index is 13.6. The molecule has 3 aromatic rings. The van der Waals surface area contributed by atoms with Crippen LogP contribution in [0.3, 0.4) is 0 Å². The Kier molecular flexibility index (Phi) is 5.57. The summed E-state index contributed by atoms with van der Waals surface area (Å²) in [6, 6.07) is 12.3. The third-order valence-corrected chi connectivity index (χ3v) is 6.07. The Morgan fingerprint density at radius 2 is 1.82 bits per heavy atom. The van der Waals surface area contributed by atoms with Gasteiger partial charge in [0.05, 0.1) is 22.9 Å². The number of carboxylic acid groups (broad SMARTS) is 1. The monoisotopic (exact) mass is 475 g/mol. The van der Waals surface area contributed by atoms with Crippen molar-refractivity contribution in [3.8, 4) is 5.75 Å². The van der Waals surface area contributed by atoms with Crippen molar-refractivity contribution in [2.45, 2.75) is 25.4 Å². The van der Waals surface area contributed by atoms with Crippen molar-refractivity contribution in [2.75, 3.05) is 4.90 Å². The third kappa shape index (κ3) is 3.91. The molecule has 3 aromatic carbocycles. The second-order valence-electron chi connectivity index (χ2n) is 7.71. The summed E-state index contributed by atoms with van der Waals surface area (Å²) in [6.07, 6.45) is -4.92. The molecule has 33 heavy (non-hydrogen) atoms. The number of hydrogen-bond donors (Lipinski definition) is 2. The molecule has 0 bridgehead atoms. The van der Waals surface area contributed by atoms with Crippen LogP contribution in [0.1, 0.15) is 38.5 Å². The van der Waals surface area contributed by atoms with Gasteiger partial charge in [-0.25, -0.2) is 4.79 Å². The van der Waals surface area contributed by atoms with E-state index in [4.69, 9.17) is 16.7 Å². The zero-order valence-corrected chi connectivity index (χ0v) is 17.9. The molecule has 1 amide bonds. The summed E-state index contributed by atoms with van der Waals surface area (Å²) in [5.74, 6) is -3.33. The smallest absolute Gasteiger partial charge is 0.416 e. The molecule has 1 aliphatic heterocycles. The van der Waals surface area contributed by atoms with Gasteiger partial charge in [-0.1, -0.05) is 29.8 Å². The number of alkyl halides is 3. The molecule has 2 N–H and O–H groups in total. The number of carboxylic acids is 1. The van der Waals surface area contributed by atoms with E-state index >= 15 is 0 Å². The Balaban J connectivity index is 1.83. The lowest BCUT2D eigenvalue weighted by Crippen LogP contribution is -2.25. The van der Waals surface area contributed by atoms with Crippen LogP contribution in [-0.2, 0) is 17.4 Å². The number of aromatic hydroxyl groups is 1. The molecule has 1 heterocycles. The highest BCUT2D eigenvalue weighted by Gasteiger charge is 2.42. The van der Waals surface area contributed by atoms with Crippen molar-refractivity contribution in [2.24, 2.45) is 0 Å². The van der Waals surface area contributed by atoms with Gasteiger partial charge >= 0.3 is 12.1 Å². The predicted octanol–water partition coefficient (Wildman–Crippen LogP) is 6.08. The Hall–Kier alpha value is -3.52. The highest BCUT2D eigenvalue weighted by Crippen LogP contribution is 2.47. The van der Waals surface area contributed by atoms with E-state index in [9.17, 15) is 27.9 Å². The van der Waals surface area contributed by atoms with E-state index < -0.39 is 35.3 Å². The zero-order chi connectivity index (χ0) is 24.1. The van der Waals surface area contributed by atoms with Gasteiger partial charge in [0.1, 0.15) is 11.3 Å². The van der Waals surface area contributed by atoms with Gasteiger partial charge in [-0.3, -0.25) is 9.69 Å². The van der Waals surface area contributed by atoms with Gasteiger partial charge in [0.2, 0.25) is 5.91 Å². The first-order valence-corrected chi connectivity index (χ1v) is 10.2. The van der Waals surface area contributed by atoms with Crippen LogP contribution in [-0.4, -0.2) is 22.1 Å². The maximum atomic E-state index is 13.6. The number of benzene rings is 3. The zero-order valence-electron chi connectivity index (χ0n) is 17.2. The minimum absolute atomic E-state index is 0.0883. The predicted molar refractivity (Wildman–Crippen MR) is 116 cm³/mol. The maximum Gasteiger partial charge on any atom is 0.416 e. The lowest BCUT2D eigenvalue weighted by Gasteiger charge is -2.20. The largest absolute Gasteiger partial charge is 0.507 e. The Labute approximate surface area is 191 Å². The van der Waals surface area contributed by atoms with Gasteiger partial charge in [0.25, 0.3) is 0 Å². The minimum atomic E-state index is -4.64. The molecule has 0 spiro atoms. The van der Waals surface area contributed by atoms with Gasteiger partial charge < -0.3 is 10.2 Å². The summed E-state index contributed by atoms with van der Waals surface area (Å²) in [4.78, 5) is 26.0. The fraction of sp³-hybridized carbons (Fsp3) is 0.167. The molecule has 0 saturated carbocycles. The summed E-state index contributed by atoms with van der Waals surface area (Å²) < 4.78 is 40.9. The Morgan fingerprint density at radius 1 is 1.12 bits per heavy atom. The number of fused-ring (bicyclic) bond motifs is 1. The number of nitrogens with zero attached hydrogens (tertiary/aromatic N) is 1. The van der Waals surface area contributed by atoms with Crippen molar-refractivity contribution in [1.29, 1.82) is 0 Å². The molecule has 1 atom stereocenters. The number of halogens is 4. The summed E-state index contributed by atoms with van der Waals surface area (Å²) in [5, 5.41) is 19.2. The standard InChI is InChI=1S/C24H17ClF3NO4/c1-12-4-2-7-19-21(12)16(11-15-17(24(26,27)28)5-3-6-18(15)25)22(31)29(19)13-8-9-14(23(32)33)20(30)10-13/h2-10,16,30H,11H2,1H3,(H,32,33). The molecule has 5 nitrogen and oxygen atoms in total. The first-order valence-electron chi connectivity index (χ1n) is 9.85. The summed E-state index contributed by atoms with van der Waals surface area (Å²) in [7, 11) is 0. The van der Waals surface area contributed by atoms with Gasteiger partial charge in [-0.15, -0.1) is 0 Å². The molecule has 1 aliphatic rings. The van der Waals surface area contributed by atoms with Crippen molar-refractivity contribution >= 4 is 34.9 Å². The van der Waals surface area contributed by atoms with Crippen LogP contribution in [0.4, 0.5) is 24.5 Å². The molecule has 0 saturated heterocycles. The van der Waals surface area contributed by atoms with E-state index in [1.54, 1.807) is 25.1 Å². The number of phenols is 1. The lowest BCUT2D eigenvalue weighted by molar-refractivity contribution is -0.138. The molecular weight excluding hydrogens is 459 g/mol. The molecule has 4 rings (SSSR count). The first kappa shape index (κ1) is 22.7. The number of rotatable bonds is 4. The highest BCUT2D eigenvalue weighted by atomic mass is 35.5. The second-order valence-corrected chi connectivity index (χ2v) is 8.12. The van der Waals surface area contributed by atoms with Crippen LogP contribution in [0, 0.1) is 6.92 Å². The summed E-state index contributed by atoms with van der Waals surface area (Å²) in [5.41, 5.74) is 0.500. The van der Waals surface area contributed by atoms with E-state index in [0.29, 0.717) is 16.8 Å². The summed E-state index contributed by atoms with van der Waals surface area (Å²) in [6.45, 7) is 1.75. The quantitative estimate of drug-likeness (QED) is 0.479. The minimum Gasteiger partial charge on any atom is -0.507 e. The van der Waals surface area contributed by atoms with E-state index in [-0.39, 0.29) is 28.3 Å². The van der Waals surface area contributed by atoms with Crippen molar-refractivity contribution in [3.63, 3.8) is 0 Å². The number of aromatic carboxylic acids is 1. The fourth-order valence-corrected chi connectivity index (χ4v) is 4.49. The number of carbonyl (C=O) groups is 2. The van der Waals surface area contributed by atoms with Crippen LogP contribution < -0.4 is 4.90 Å². The molecule has 170 valence electrons. The topological polar surface area (TPSA) is 77.8 Å². The number of amides is 1. The van der Waals surface area contributed by atoms with Crippen molar-refractivity contribution in [1.82, 2.24) is 0 Å². The molecular formula is C24H17ClF3NO4. The second kappa shape index (κ2) is 8.12. The first-order chi connectivity index (χ1) is 15.5. The van der Waals surface area contributed by atoms with E-state index in [1.807, 2.05) is 0 Å². The average Bonchev–Trinajstić information content (AvgIpc) is 3.01.